The summed E-state index contributed by atoms with van der Waals surface area (Å²) in [4.78, 5) is 2.82. The highest BCUT2D eigenvalue weighted by Crippen LogP contribution is 2.33. The van der Waals surface area contributed by atoms with E-state index in [-0.39, 0.29) is 0 Å². The van der Waals surface area contributed by atoms with Crippen LogP contribution < -0.4 is 0 Å². The molecule has 0 saturated heterocycles. The van der Waals surface area contributed by atoms with Gasteiger partial charge in [0.15, 0.2) is 0 Å². The van der Waals surface area contributed by atoms with Gasteiger partial charge >= 0.3 is 6.18 Å². The molecule has 1 aromatic heterocycles. The summed E-state index contributed by atoms with van der Waals surface area (Å²) in [5.41, 5.74) is -1.13. The summed E-state index contributed by atoms with van der Waals surface area (Å²) >= 11 is 5.04. The normalized spacial score (nSPS) is 11.8. The van der Waals surface area contributed by atoms with Crippen LogP contribution in [0.2, 0.25) is 5.15 Å². The van der Waals surface area contributed by atoms with Crippen LogP contribution >= 0.6 is 11.6 Å². The van der Waals surface area contributed by atoms with Crippen molar-refractivity contribution in [2.24, 2.45) is 0 Å². The third-order valence-corrected chi connectivity index (χ3v) is 1.41. The van der Waals surface area contributed by atoms with Crippen LogP contribution in [0.5, 0.6) is 0 Å². The van der Waals surface area contributed by atoms with Gasteiger partial charge in [0.2, 0.25) is 5.95 Å². The highest BCUT2D eigenvalue weighted by molar-refractivity contribution is 6.30. The SMILES string of the molecule is Fc1ccc(C(F)(F)F)c(Cl)n1. The predicted octanol–water partition coefficient (Wildman–Crippen LogP) is 2.89. The Morgan fingerprint density at radius 3 is 2.25 bits per heavy atom. The smallest absolute Gasteiger partial charge is 0.207 e. The molecule has 1 nitrogen and oxygen atoms in total. The molecule has 0 fully saturated rings. The molecule has 0 radical (unpaired) electrons. The second-order valence-electron chi connectivity index (χ2n) is 1.97. The van der Waals surface area contributed by atoms with E-state index in [0.29, 0.717) is 12.1 Å². The van der Waals surface area contributed by atoms with Gasteiger partial charge in [-0.15, -0.1) is 0 Å². The lowest BCUT2D eigenvalue weighted by Crippen LogP contribution is -2.07. The van der Waals surface area contributed by atoms with Crippen LogP contribution in [0.1, 0.15) is 5.56 Å². The zero-order chi connectivity index (χ0) is 9.35. The van der Waals surface area contributed by atoms with Gasteiger partial charge in [0.25, 0.3) is 0 Å². The molecule has 6 heteroatoms. The van der Waals surface area contributed by atoms with Gasteiger partial charge in [0, 0.05) is 0 Å². The number of halogens is 5. The van der Waals surface area contributed by atoms with E-state index in [1.54, 1.807) is 0 Å². The quantitative estimate of drug-likeness (QED) is 0.463. The van der Waals surface area contributed by atoms with Crippen molar-refractivity contribution in [2.45, 2.75) is 6.18 Å². The van der Waals surface area contributed by atoms with Gasteiger partial charge in [-0.3, -0.25) is 0 Å². The number of hydrogen-bond donors (Lipinski definition) is 0. The predicted molar refractivity (Wildman–Crippen MR) is 34.2 cm³/mol. The molecule has 1 heterocycles. The summed E-state index contributed by atoms with van der Waals surface area (Å²) in [6.45, 7) is 0. The first-order valence-corrected chi connectivity index (χ1v) is 3.18. The van der Waals surface area contributed by atoms with Crippen LogP contribution in [0.3, 0.4) is 0 Å². The summed E-state index contributed by atoms with van der Waals surface area (Å²) in [5.74, 6) is -1.03. The van der Waals surface area contributed by atoms with E-state index < -0.39 is 22.8 Å². The van der Waals surface area contributed by atoms with Gasteiger partial charge in [0.1, 0.15) is 5.15 Å². The zero-order valence-corrected chi connectivity index (χ0v) is 6.25. The highest BCUT2D eigenvalue weighted by Gasteiger charge is 2.33. The molecule has 0 atom stereocenters. The molecule has 0 aliphatic rings. The maximum atomic E-state index is 12.2. The molecule has 0 unspecified atom stereocenters. The topological polar surface area (TPSA) is 12.9 Å². The minimum Gasteiger partial charge on any atom is -0.207 e. The molecule has 0 aliphatic heterocycles. The maximum absolute atomic E-state index is 12.2. The molecule has 0 aromatic carbocycles. The first-order chi connectivity index (χ1) is 5.41. The van der Waals surface area contributed by atoms with Gasteiger partial charge < -0.3 is 0 Å². The van der Waals surface area contributed by atoms with E-state index in [2.05, 4.69) is 4.98 Å². The molecule has 0 amide bonds. The monoisotopic (exact) mass is 199 g/mol. The fraction of sp³-hybridized carbons (Fsp3) is 0.167. The van der Waals surface area contributed by atoms with Crippen LogP contribution in [-0.2, 0) is 6.18 Å². The van der Waals surface area contributed by atoms with Gasteiger partial charge in [0.05, 0.1) is 5.56 Å². The van der Waals surface area contributed by atoms with Gasteiger partial charge in [-0.2, -0.15) is 17.6 Å². The van der Waals surface area contributed by atoms with Crippen molar-refractivity contribution < 1.29 is 17.6 Å². The van der Waals surface area contributed by atoms with E-state index in [4.69, 9.17) is 11.6 Å². The third kappa shape index (κ3) is 1.85. The fourth-order valence-electron chi connectivity index (χ4n) is 0.624. The summed E-state index contributed by atoms with van der Waals surface area (Å²) in [6, 6.07) is 1.15. The fourth-order valence-corrected chi connectivity index (χ4v) is 0.874. The van der Waals surface area contributed by atoms with E-state index in [1.165, 1.54) is 0 Å². The minimum absolute atomic E-state index is 0.546. The number of rotatable bonds is 0. The van der Waals surface area contributed by atoms with E-state index >= 15 is 0 Å². The second-order valence-corrected chi connectivity index (χ2v) is 2.33. The van der Waals surface area contributed by atoms with Crippen LogP contribution in [-0.4, -0.2) is 4.98 Å². The molecule has 1 rings (SSSR count). The Bertz CT molecular complexity index is 296. The molecule has 1 aromatic rings. The number of alkyl halides is 3. The van der Waals surface area contributed by atoms with E-state index in [9.17, 15) is 17.6 Å². The summed E-state index contributed by atoms with van der Waals surface area (Å²) < 4.78 is 48.0. The van der Waals surface area contributed by atoms with E-state index in [1.807, 2.05) is 0 Å². The average Bonchev–Trinajstić information content (AvgIpc) is 1.83. The number of nitrogens with zero attached hydrogens (tertiary/aromatic N) is 1. The van der Waals surface area contributed by atoms with Gasteiger partial charge in [-0.25, -0.2) is 4.98 Å². The van der Waals surface area contributed by atoms with Crippen LogP contribution in [0.4, 0.5) is 17.6 Å². The van der Waals surface area contributed by atoms with Crippen molar-refractivity contribution in [1.29, 1.82) is 0 Å². The van der Waals surface area contributed by atoms with E-state index in [0.717, 1.165) is 0 Å². The number of pyridine rings is 1. The first-order valence-electron chi connectivity index (χ1n) is 2.80. The Morgan fingerprint density at radius 2 is 1.83 bits per heavy atom. The van der Waals surface area contributed by atoms with Crippen molar-refractivity contribution >= 4 is 11.6 Å². The molecular weight excluding hydrogens is 198 g/mol. The second kappa shape index (κ2) is 2.90. The number of hydrogen-bond acceptors (Lipinski definition) is 1. The van der Waals surface area contributed by atoms with Gasteiger partial charge in [-0.1, -0.05) is 11.6 Å². The summed E-state index contributed by atoms with van der Waals surface area (Å²) in [6.07, 6.45) is -4.59. The van der Waals surface area contributed by atoms with Crippen molar-refractivity contribution in [1.82, 2.24) is 4.98 Å². The standard InChI is InChI=1S/C6H2ClF4N/c7-5-3(6(9,10)11)1-2-4(8)12-5/h1-2H. The highest BCUT2D eigenvalue weighted by atomic mass is 35.5. The average molecular weight is 200 g/mol. The lowest BCUT2D eigenvalue weighted by molar-refractivity contribution is -0.137. The lowest BCUT2D eigenvalue weighted by atomic mass is 10.3. The largest absolute Gasteiger partial charge is 0.419 e. The Hall–Kier alpha value is -0.840. The summed E-state index contributed by atoms with van der Waals surface area (Å²) in [7, 11) is 0. The van der Waals surface area contributed by atoms with Crippen molar-refractivity contribution in [3.63, 3.8) is 0 Å². The molecule has 0 bridgehead atoms. The number of aromatic nitrogens is 1. The van der Waals surface area contributed by atoms with Crippen LogP contribution in [0, 0.1) is 5.95 Å². The van der Waals surface area contributed by atoms with Crippen molar-refractivity contribution in [3.8, 4) is 0 Å². The Labute approximate surface area is 70.0 Å². The molecule has 66 valence electrons. The third-order valence-electron chi connectivity index (χ3n) is 1.12. The van der Waals surface area contributed by atoms with Crippen LogP contribution in [0.25, 0.3) is 0 Å². The van der Waals surface area contributed by atoms with Crippen molar-refractivity contribution in [3.05, 3.63) is 28.8 Å². The molecule has 0 spiro atoms. The summed E-state index contributed by atoms with van der Waals surface area (Å²) in [5, 5.41) is -0.873. The Balaban J connectivity index is 3.19. The lowest BCUT2D eigenvalue weighted by Gasteiger charge is -2.06. The Morgan fingerprint density at radius 1 is 1.25 bits per heavy atom. The Kier molecular flexibility index (Phi) is 2.23. The zero-order valence-electron chi connectivity index (χ0n) is 5.49. The molecule has 0 aliphatic carbocycles. The molecule has 0 saturated carbocycles. The van der Waals surface area contributed by atoms with Gasteiger partial charge in [-0.05, 0) is 12.1 Å². The minimum atomic E-state index is -4.59. The maximum Gasteiger partial charge on any atom is 0.419 e. The van der Waals surface area contributed by atoms with Crippen molar-refractivity contribution in [2.75, 3.05) is 0 Å². The van der Waals surface area contributed by atoms with Crippen LogP contribution in [0.15, 0.2) is 12.1 Å². The molecular formula is C6H2ClF4N. The first kappa shape index (κ1) is 9.25. The molecule has 0 N–H and O–H groups in total. The molecule has 12 heavy (non-hydrogen) atoms.